The first-order valence-corrected chi connectivity index (χ1v) is 7.33. The van der Waals surface area contributed by atoms with Crippen LogP contribution in [0.2, 0.25) is 0 Å². The number of ether oxygens (including phenoxy) is 1. The third-order valence-corrected chi connectivity index (χ3v) is 3.69. The molecular formula is C15H19ClN2O3. The Kier molecular flexibility index (Phi) is 5.73. The molecule has 1 atom stereocenters. The highest BCUT2D eigenvalue weighted by Gasteiger charge is 2.17. The van der Waals surface area contributed by atoms with Gasteiger partial charge in [-0.25, -0.2) is 0 Å². The van der Waals surface area contributed by atoms with Crippen LogP contribution in [0.3, 0.4) is 0 Å². The molecule has 1 saturated heterocycles. The van der Waals surface area contributed by atoms with Gasteiger partial charge in [-0.05, 0) is 30.2 Å². The van der Waals surface area contributed by atoms with Crippen LogP contribution in [0.15, 0.2) is 24.3 Å². The van der Waals surface area contributed by atoms with Crippen molar-refractivity contribution in [3.63, 3.8) is 0 Å². The van der Waals surface area contributed by atoms with E-state index >= 15 is 0 Å². The van der Waals surface area contributed by atoms with Crippen molar-refractivity contribution in [2.45, 2.75) is 12.5 Å². The molecule has 1 fully saturated rings. The summed E-state index contributed by atoms with van der Waals surface area (Å²) in [5.74, 6) is -0.126. The van der Waals surface area contributed by atoms with Crippen LogP contribution in [0.5, 0.6) is 0 Å². The van der Waals surface area contributed by atoms with Gasteiger partial charge in [0.1, 0.15) is 0 Å². The summed E-state index contributed by atoms with van der Waals surface area (Å²) < 4.78 is 5.60. The Labute approximate surface area is 129 Å². The lowest BCUT2D eigenvalue weighted by Crippen LogP contribution is -2.40. The maximum atomic E-state index is 12.3. The maximum absolute atomic E-state index is 12.3. The molecule has 114 valence electrons. The Bertz CT molecular complexity index is 515. The highest BCUT2D eigenvalue weighted by atomic mass is 35.5. The normalized spacial score (nSPS) is 18.3. The van der Waals surface area contributed by atoms with Crippen molar-refractivity contribution in [2.75, 3.05) is 33.3 Å². The Hall–Kier alpha value is -1.43. The molecule has 0 saturated carbocycles. The standard InChI is InChI=1S/C15H19ClN2O3/c1-18(7-5-13-10-17-6-8-21-13)15(20)12-4-2-3-11(9-12)14(16)19/h2-4,9,13,17H,5-8,10H2,1H3. The van der Waals surface area contributed by atoms with E-state index in [0.29, 0.717) is 24.3 Å². The van der Waals surface area contributed by atoms with Gasteiger partial charge in [-0.1, -0.05) is 12.1 Å². The van der Waals surface area contributed by atoms with E-state index in [1.165, 1.54) is 6.07 Å². The smallest absolute Gasteiger partial charge is 0.253 e. The first kappa shape index (κ1) is 15.9. The second-order valence-electron chi connectivity index (χ2n) is 5.07. The molecule has 1 unspecified atom stereocenters. The first-order chi connectivity index (χ1) is 10.1. The fourth-order valence-corrected chi connectivity index (χ4v) is 2.36. The molecule has 0 bridgehead atoms. The van der Waals surface area contributed by atoms with E-state index in [2.05, 4.69) is 5.32 Å². The summed E-state index contributed by atoms with van der Waals surface area (Å²) >= 11 is 5.43. The van der Waals surface area contributed by atoms with Crippen molar-refractivity contribution < 1.29 is 14.3 Å². The Morgan fingerprint density at radius 1 is 1.43 bits per heavy atom. The quantitative estimate of drug-likeness (QED) is 0.838. The third kappa shape index (κ3) is 4.52. The molecule has 0 spiro atoms. The minimum Gasteiger partial charge on any atom is -0.376 e. The number of hydrogen-bond acceptors (Lipinski definition) is 4. The van der Waals surface area contributed by atoms with Gasteiger partial charge in [-0.15, -0.1) is 0 Å². The molecule has 2 rings (SSSR count). The van der Waals surface area contributed by atoms with Crippen LogP contribution in [0.1, 0.15) is 27.1 Å². The van der Waals surface area contributed by atoms with Crippen LogP contribution in [-0.4, -0.2) is 55.4 Å². The van der Waals surface area contributed by atoms with Gasteiger partial charge in [0.25, 0.3) is 11.1 Å². The minimum absolute atomic E-state index is 0.126. The number of benzene rings is 1. The maximum Gasteiger partial charge on any atom is 0.253 e. The van der Waals surface area contributed by atoms with Crippen molar-refractivity contribution in [3.05, 3.63) is 35.4 Å². The van der Waals surface area contributed by atoms with E-state index in [-0.39, 0.29) is 12.0 Å². The van der Waals surface area contributed by atoms with Crippen molar-refractivity contribution in [1.29, 1.82) is 0 Å². The summed E-state index contributed by atoms with van der Waals surface area (Å²) in [7, 11) is 1.74. The van der Waals surface area contributed by atoms with Crippen molar-refractivity contribution in [1.82, 2.24) is 10.2 Å². The monoisotopic (exact) mass is 310 g/mol. The van der Waals surface area contributed by atoms with Crippen LogP contribution in [0.25, 0.3) is 0 Å². The summed E-state index contributed by atoms with van der Waals surface area (Å²) in [4.78, 5) is 25.1. The third-order valence-electron chi connectivity index (χ3n) is 3.47. The van der Waals surface area contributed by atoms with Crippen LogP contribution < -0.4 is 5.32 Å². The second kappa shape index (κ2) is 7.54. The largest absolute Gasteiger partial charge is 0.376 e. The number of nitrogens with one attached hydrogen (secondary N) is 1. The number of carbonyl (C=O) groups is 2. The lowest BCUT2D eigenvalue weighted by molar-refractivity contribution is 0.0187. The number of amides is 1. The zero-order valence-corrected chi connectivity index (χ0v) is 12.7. The van der Waals surface area contributed by atoms with Crippen molar-refractivity contribution in [2.24, 2.45) is 0 Å². The number of nitrogens with zero attached hydrogens (tertiary/aromatic N) is 1. The van der Waals surface area contributed by atoms with Gasteiger partial charge >= 0.3 is 0 Å². The fraction of sp³-hybridized carbons (Fsp3) is 0.467. The molecule has 0 aliphatic carbocycles. The lowest BCUT2D eigenvalue weighted by Gasteiger charge is -2.26. The average Bonchev–Trinajstić information content (AvgIpc) is 2.53. The first-order valence-electron chi connectivity index (χ1n) is 6.95. The van der Waals surface area contributed by atoms with Crippen molar-refractivity contribution in [3.8, 4) is 0 Å². The van der Waals surface area contributed by atoms with Crippen LogP contribution in [-0.2, 0) is 4.74 Å². The molecule has 1 heterocycles. The Balaban J connectivity index is 1.92. The van der Waals surface area contributed by atoms with E-state index in [1.54, 1.807) is 30.1 Å². The van der Waals surface area contributed by atoms with E-state index in [9.17, 15) is 9.59 Å². The molecule has 0 radical (unpaired) electrons. The van der Waals surface area contributed by atoms with Crippen LogP contribution in [0.4, 0.5) is 0 Å². The highest BCUT2D eigenvalue weighted by molar-refractivity contribution is 6.67. The molecule has 0 aromatic heterocycles. The van der Waals surface area contributed by atoms with E-state index in [0.717, 1.165) is 19.5 Å². The summed E-state index contributed by atoms with van der Waals surface area (Å²) in [5, 5.41) is 2.70. The van der Waals surface area contributed by atoms with E-state index in [4.69, 9.17) is 16.3 Å². The topological polar surface area (TPSA) is 58.6 Å². The predicted octanol–water partition coefficient (Wildman–Crippen LogP) is 1.52. The van der Waals surface area contributed by atoms with Gasteiger partial charge < -0.3 is 15.0 Å². The Morgan fingerprint density at radius 2 is 2.19 bits per heavy atom. The van der Waals surface area contributed by atoms with Gasteiger partial charge in [-0.2, -0.15) is 0 Å². The molecule has 1 aromatic carbocycles. The number of halogens is 1. The Morgan fingerprint density at radius 3 is 2.86 bits per heavy atom. The predicted molar refractivity (Wildman–Crippen MR) is 80.8 cm³/mol. The molecule has 1 aliphatic rings. The number of morpholine rings is 1. The van der Waals surface area contributed by atoms with Crippen molar-refractivity contribution >= 4 is 22.8 Å². The SMILES string of the molecule is CN(CCC1CNCCO1)C(=O)c1cccc(C(=O)Cl)c1. The van der Waals surface area contributed by atoms with Gasteiger partial charge in [-0.3, -0.25) is 9.59 Å². The fourth-order valence-electron chi connectivity index (χ4n) is 2.24. The summed E-state index contributed by atoms with van der Waals surface area (Å²) in [6.45, 7) is 3.01. The van der Waals surface area contributed by atoms with Gasteiger partial charge in [0.15, 0.2) is 0 Å². The van der Waals surface area contributed by atoms with Crippen LogP contribution >= 0.6 is 11.6 Å². The van der Waals surface area contributed by atoms with E-state index in [1.807, 2.05) is 0 Å². The van der Waals surface area contributed by atoms with E-state index < -0.39 is 5.24 Å². The molecule has 5 nitrogen and oxygen atoms in total. The molecule has 1 aromatic rings. The zero-order valence-electron chi connectivity index (χ0n) is 12.0. The molecule has 1 amide bonds. The van der Waals surface area contributed by atoms with Gasteiger partial charge in [0.05, 0.1) is 12.7 Å². The number of rotatable bonds is 5. The summed E-state index contributed by atoms with van der Waals surface area (Å²) in [6.07, 6.45) is 0.924. The highest BCUT2D eigenvalue weighted by Crippen LogP contribution is 2.11. The molecular weight excluding hydrogens is 292 g/mol. The summed E-state index contributed by atoms with van der Waals surface area (Å²) in [5.41, 5.74) is 0.794. The molecule has 1 aliphatic heterocycles. The lowest BCUT2D eigenvalue weighted by atomic mass is 10.1. The second-order valence-corrected chi connectivity index (χ2v) is 5.41. The molecule has 6 heteroatoms. The number of carbonyl (C=O) groups excluding carboxylic acids is 2. The molecule has 1 N–H and O–H groups in total. The molecule has 21 heavy (non-hydrogen) atoms. The summed E-state index contributed by atoms with van der Waals surface area (Å²) in [6, 6.07) is 6.45. The van der Waals surface area contributed by atoms with Crippen LogP contribution in [0, 0.1) is 0 Å². The average molecular weight is 311 g/mol. The zero-order chi connectivity index (χ0) is 15.2. The van der Waals surface area contributed by atoms with Gasteiger partial charge in [0.2, 0.25) is 0 Å². The number of hydrogen-bond donors (Lipinski definition) is 1. The van der Waals surface area contributed by atoms with Gasteiger partial charge in [0, 0.05) is 37.8 Å². The minimum atomic E-state index is -0.561.